The van der Waals surface area contributed by atoms with Crippen LogP contribution in [0.15, 0.2) is 34.5 Å². The van der Waals surface area contributed by atoms with Crippen molar-refractivity contribution in [2.75, 3.05) is 17.2 Å². The summed E-state index contributed by atoms with van der Waals surface area (Å²) >= 11 is 3.03. The molecule has 0 atom stereocenters. The van der Waals surface area contributed by atoms with E-state index in [-0.39, 0.29) is 18.4 Å². The van der Waals surface area contributed by atoms with Gasteiger partial charge in [-0.05, 0) is 19.1 Å². The predicted octanol–water partition coefficient (Wildman–Crippen LogP) is 2.21. The Kier molecular flexibility index (Phi) is 4.44. The van der Waals surface area contributed by atoms with Crippen LogP contribution < -0.4 is 10.2 Å². The van der Waals surface area contributed by atoms with Gasteiger partial charge >= 0.3 is 0 Å². The monoisotopic (exact) mass is 333 g/mol. The zero-order valence-corrected chi connectivity index (χ0v) is 13.7. The highest BCUT2D eigenvalue weighted by Crippen LogP contribution is 2.34. The molecule has 1 aliphatic heterocycles. The quantitative estimate of drug-likeness (QED) is 0.932. The molecule has 0 saturated carbocycles. The average molecular weight is 333 g/mol. The molecule has 114 valence electrons. The molecule has 0 saturated heterocycles. The Morgan fingerprint density at radius 2 is 2.23 bits per heavy atom. The van der Waals surface area contributed by atoms with Crippen LogP contribution in [0.25, 0.3) is 0 Å². The lowest BCUT2D eigenvalue weighted by Gasteiger charge is -2.28. The van der Waals surface area contributed by atoms with Crippen molar-refractivity contribution < 1.29 is 9.59 Å². The number of nitrogens with one attached hydrogen (secondary N) is 1. The van der Waals surface area contributed by atoms with Gasteiger partial charge in [0.25, 0.3) is 0 Å². The van der Waals surface area contributed by atoms with E-state index in [4.69, 9.17) is 0 Å². The first-order chi connectivity index (χ1) is 10.6. The normalized spacial score (nSPS) is 13.9. The first-order valence-electron chi connectivity index (χ1n) is 6.83. The first kappa shape index (κ1) is 15.1. The highest BCUT2D eigenvalue weighted by atomic mass is 32.2. The number of hydrogen-bond acceptors (Lipinski definition) is 5. The second-order valence-electron chi connectivity index (χ2n) is 4.90. The highest BCUT2D eigenvalue weighted by molar-refractivity contribution is 8.00. The maximum Gasteiger partial charge on any atom is 0.240 e. The van der Waals surface area contributed by atoms with Gasteiger partial charge < -0.3 is 10.2 Å². The van der Waals surface area contributed by atoms with Crippen molar-refractivity contribution >= 4 is 40.6 Å². The predicted molar refractivity (Wildman–Crippen MR) is 88.2 cm³/mol. The summed E-state index contributed by atoms with van der Waals surface area (Å²) in [6, 6.07) is 7.65. The molecule has 22 heavy (non-hydrogen) atoms. The van der Waals surface area contributed by atoms with E-state index in [2.05, 4.69) is 10.3 Å². The number of amides is 2. The number of hydrogen-bond donors (Lipinski definition) is 1. The summed E-state index contributed by atoms with van der Waals surface area (Å²) in [6.45, 7) is 2.36. The second kappa shape index (κ2) is 6.50. The highest BCUT2D eigenvalue weighted by Gasteiger charge is 2.26. The summed E-state index contributed by atoms with van der Waals surface area (Å²) in [5, 5.41) is 5.63. The van der Waals surface area contributed by atoms with Crippen LogP contribution in [0.4, 0.5) is 5.69 Å². The average Bonchev–Trinajstić information content (AvgIpc) is 2.94. The fourth-order valence-corrected chi connectivity index (χ4v) is 3.83. The number of thiazole rings is 1. The van der Waals surface area contributed by atoms with Crippen LogP contribution in [0.3, 0.4) is 0 Å². The van der Waals surface area contributed by atoms with Crippen molar-refractivity contribution in [2.24, 2.45) is 0 Å². The van der Waals surface area contributed by atoms with Gasteiger partial charge in [0.15, 0.2) is 0 Å². The van der Waals surface area contributed by atoms with Crippen molar-refractivity contribution in [3.8, 4) is 0 Å². The van der Waals surface area contributed by atoms with Crippen molar-refractivity contribution in [1.29, 1.82) is 0 Å². The van der Waals surface area contributed by atoms with E-state index in [1.165, 1.54) is 23.1 Å². The molecule has 1 aromatic heterocycles. The SMILES string of the molecule is Cc1csc(CNC(=O)CN2C(=O)CSc3ccccc32)n1. The molecule has 0 fully saturated rings. The number of rotatable bonds is 4. The molecule has 2 aromatic rings. The maximum absolute atomic E-state index is 12.1. The van der Waals surface area contributed by atoms with E-state index in [1.807, 2.05) is 36.6 Å². The number of thioether (sulfide) groups is 1. The summed E-state index contributed by atoms with van der Waals surface area (Å²) in [5.74, 6) is 0.155. The van der Waals surface area contributed by atoms with Crippen LogP contribution >= 0.6 is 23.1 Å². The number of nitrogens with zero attached hydrogens (tertiary/aromatic N) is 2. The number of aryl methyl sites for hydroxylation is 1. The number of carbonyl (C=O) groups is 2. The van der Waals surface area contributed by atoms with Gasteiger partial charge in [0, 0.05) is 16.0 Å². The van der Waals surface area contributed by atoms with E-state index in [1.54, 1.807) is 4.90 Å². The van der Waals surface area contributed by atoms with Crippen LogP contribution in [0.5, 0.6) is 0 Å². The van der Waals surface area contributed by atoms with Crippen LogP contribution in [0.1, 0.15) is 10.7 Å². The number of aromatic nitrogens is 1. The zero-order chi connectivity index (χ0) is 15.5. The molecule has 5 nitrogen and oxygen atoms in total. The Bertz CT molecular complexity index is 714. The number of carbonyl (C=O) groups excluding carboxylic acids is 2. The number of para-hydroxylation sites is 1. The molecule has 0 bridgehead atoms. The molecule has 2 heterocycles. The summed E-state index contributed by atoms with van der Waals surface area (Å²) in [4.78, 5) is 31.1. The molecule has 1 aromatic carbocycles. The molecule has 1 N–H and O–H groups in total. The number of fused-ring (bicyclic) bond motifs is 1. The smallest absolute Gasteiger partial charge is 0.240 e. The molecule has 0 aliphatic carbocycles. The van der Waals surface area contributed by atoms with E-state index >= 15 is 0 Å². The fraction of sp³-hybridized carbons (Fsp3) is 0.267. The lowest BCUT2D eigenvalue weighted by molar-refractivity contribution is -0.123. The molecule has 1 aliphatic rings. The Balaban J connectivity index is 1.64. The Morgan fingerprint density at radius 1 is 1.41 bits per heavy atom. The molecule has 3 rings (SSSR count). The number of anilines is 1. The minimum Gasteiger partial charge on any atom is -0.348 e. The van der Waals surface area contributed by atoms with E-state index in [0.717, 1.165) is 21.3 Å². The summed E-state index contributed by atoms with van der Waals surface area (Å²) in [5.41, 5.74) is 1.76. The van der Waals surface area contributed by atoms with Gasteiger partial charge in [0.2, 0.25) is 11.8 Å². The van der Waals surface area contributed by atoms with Crippen LogP contribution in [0.2, 0.25) is 0 Å². The molecule has 7 heteroatoms. The first-order valence-corrected chi connectivity index (χ1v) is 8.70. The fourth-order valence-electron chi connectivity index (χ4n) is 2.18. The third kappa shape index (κ3) is 3.31. The van der Waals surface area contributed by atoms with Gasteiger partial charge in [-0.3, -0.25) is 9.59 Å². The van der Waals surface area contributed by atoms with E-state index in [9.17, 15) is 9.59 Å². The Morgan fingerprint density at radius 3 is 3.00 bits per heavy atom. The van der Waals surface area contributed by atoms with Crippen molar-refractivity contribution in [1.82, 2.24) is 10.3 Å². The largest absolute Gasteiger partial charge is 0.348 e. The Labute approximate surface area is 136 Å². The lowest BCUT2D eigenvalue weighted by Crippen LogP contribution is -2.43. The van der Waals surface area contributed by atoms with Crippen molar-refractivity contribution in [2.45, 2.75) is 18.4 Å². The van der Waals surface area contributed by atoms with Gasteiger partial charge in [0.1, 0.15) is 11.6 Å². The molecule has 0 spiro atoms. The third-order valence-electron chi connectivity index (χ3n) is 3.21. The van der Waals surface area contributed by atoms with Crippen molar-refractivity contribution in [3.05, 3.63) is 40.3 Å². The van der Waals surface area contributed by atoms with E-state index < -0.39 is 0 Å². The topological polar surface area (TPSA) is 62.3 Å². The molecular formula is C15H15N3O2S2. The number of benzene rings is 1. The Hall–Kier alpha value is -1.86. The second-order valence-corrected chi connectivity index (χ2v) is 6.86. The van der Waals surface area contributed by atoms with Crippen molar-refractivity contribution in [3.63, 3.8) is 0 Å². The molecule has 0 unspecified atom stereocenters. The third-order valence-corrected chi connectivity index (χ3v) is 5.23. The standard InChI is InChI=1S/C15H15N3O2S2/c1-10-8-22-14(17-10)6-16-13(19)7-18-11-4-2-3-5-12(11)21-9-15(18)20/h2-5,8H,6-7,9H2,1H3,(H,16,19). The van der Waals surface area contributed by atoms with Gasteiger partial charge in [-0.1, -0.05) is 12.1 Å². The summed E-state index contributed by atoms with van der Waals surface area (Å²) < 4.78 is 0. The zero-order valence-electron chi connectivity index (χ0n) is 12.0. The molecule has 0 radical (unpaired) electrons. The van der Waals surface area contributed by atoms with Gasteiger partial charge in [-0.2, -0.15) is 0 Å². The minimum absolute atomic E-state index is 0.0380. The van der Waals surface area contributed by atoms with Crippen LogP contribution in [0, 0.1) is 6.92 Å². The maximum atomic E-state index is 12.1. The van der Waals surface area contributed by atoms with E-state index in [0.29, 0.717) is 12.3 Å². The van der Waals surface area contributed by atoms with Gasteiger partial charge in [-0.25, -0.2) is 4.98 Å². The van der Waals surface area contributed by atoms with Crippen LogP contribution in [-0.4, -0.2) is 29.1 Å². The van der Waals surface area contributed by atoms with Gasteiger partial charge in [-0.15, -0.1) is 23.1 Å². The summed E-state index contributed by atoms with van der Waals surface area (Å²) in [6.07, 6.45) is 0. The molecule has 2 amide bonds. The van der Waals surface area contributed by atoms with Gasteiger partial charge in [0.05, 0.1) is 18.0 Å². The van der Waals surface area contributed by atoms with Crippen LogP contribution in [-0.2, 0) is 16.1 Å². The summed E-state index contributed by atoms with van der Waals surface area (Å²) in [7, 11) is 0. The molecular weight excluding hydrogens is 318 g/mol. The lowest BCUT2D eigenvalue weighted by atomic mass is 10.2. The minimum atomic E-state index is -0.178.